The standard InChI is InChI=1S/C11H14ClNOS/c1-8(2)13(11(14)7-15)10-5-3-9(12)4-6-10/h3-6,8,15H,7H2,1-2H3. The van der Waals surface area contributed by atoms with Crippen LogP contribution in [0.25, 0.3) is 0 Å². The Morgan fingerprint density at radius 3 is 2.33 bits per heavy atom. The molecule has 0 bridgehead atoms. The molecule has 0 saturated heterocycles. The second-order valence-corrected chi connectivity index (χ2v) is 4.24. The van der Waals surface area contributed by atoms with E-state index < -0.39 is 0 Å². The second kappa shape index (κ2) is 5.42. The van der Waals surface area contributed by atoms with Crippen molar-refractivity contribution in [1.82, 2.24) is 0 Å². The Morgan fingerprint density at radius 2 is 1.93 bits per heavy atom. The van der Waals surface area contributed by atoms with Crippen LogP contribution in [-0.2, 0) is 4.79 Å². The first-order valence-electron chi connectivity index (χ1n) is 4.74. The number of rotatable bonds is 3. The number of hydrogen-bond acceptors (Lipinski definition) is 2. The zero-order valence-corrected chi connectivity index (χ0v) is 10.4. The number of carbonyl (C=O) groups is 1. The Hall–Kier alpha value is -0.670. The third kappa shape index (κ3) is 3.14. The van der Waals surface area contributed by atoms with Crippen LogP contribution in [0.15, 0.2) is 24.3 Å². The van der Waals surface area contributed by atoms with Gasteiger partial charge in [-0.05, 0) is 38.1 Å². The summed E-state index contributed by atoms with van der Waals surface area (Å²) in [6.07, 6.45) is 0. The Balaban J connectivity index is 2.99. The number of anilines is 1. The summed E-state index contributed by atoms with van der Waals surface area (Å²) in [5, 5.41) is 0.667. The molecule has 0 unspecified atom stereocenters. The lowest BCUT2D eigenvalue weighted by Gasteiger charge is -2.26. The van der Waals surface area contributed by atoms with Gasteiger partial charge in [0.1, 0.15) is 0 Å². The Bertz CT molecular complexity index is 337. The maximum atomic E-state index is 11.7. The van der Waals surface area contributed by atoms with Gasteiger partial charge in [0.25, 0.3) is 0 Å². The molecule has 2 nitrogen and oxygen atoms in total. The van der Waals surface area contributed by atoms with Gasteiger partial charge in [-0.25, -0.2) is 0 Å². The molecule has 1 amide bonds. The SMILES string of the molecule is CC(C)N(C(=O)CS)c1ccc(Cl)cc1. The number of thiol groups is 1. The maximum Gasteiger partial charge on any atom is 0.236 e. The number of benzene rings is 1. The van der Waals surface area contributed by atoms with Gasteiger partial charge < -0.3 is 4.90 Å². The average molecular weight is 244 g/mol. The van der Waals surface area contributed by atoms with Gasteiger partial charge in [0.05, 0.1) is 5.75 Å². The monoisotopic (exact) mass is 243 g/mol. The highest BCUT2D eigenvalue weighted by atomic mass is 35.5. The molecule has 0 aliphatic heterocycles. The van der Waals surface area contributed by atoms with E-state index >= 15 is 0 Å². The quantitative estimate of drug-likeness (QED) is 0.810. The molecule has 1 aromatic rings. The lowest BCUT2D eigenvalue weighted by atomic mass is 10.2. The lowest BCUT2D eigenvalue weighted by molar-refractivity contribution is -0.116. The number of hydrogen-bond donors (Lipinski definition) is 1. The largest absolute Gasteiger partial charge is 0.309 e. The molecule has 1 aromatic carbocycles. The van der Waals surface area contributed by atoms with Crippen LogP contribution in [-0.4, -0.2) is 17.7 Å². The van der Waals surface area contributed by atoms with Gasteiger partial charge in [-0.15, -0.1) is 0 Å². The summed E-state index contributed by atoms with van der Waals surface area (Å²) >= 11 is 9.79. The summed E-state index contributed by atoms with van der Waals surface area (Å²) in [5.74, 6) is 0.205. The minimum atomic E-state index is -0.00402. The number of halogens is 1. The van der Waals surface area contributed by atoms with Crippen LogP contribution in [0.2, 0.25) is 5.02 Å². The number of carbonyl (C=O) groups excluding carboxylic acids is 1. The Kier molecular flexibility index (Phi) is 4.48. The van der Waals surface area contributed by atoms with E-state index in [4.69, 9.17) is 11.6 Å². The van der Waals surface area contributed by atoms with Gasteiger partial charge in [-0.3, -0.25) is 4.79 Å². The predicted octanol–water partition coefficient (Wildman–Crippen LogP) is 3.01. The molecule has 0 spiro atoms. The zero-order chi connectivity index (χ0) is 11.4. The zero-order valence-electron chi connectivity index (χ0n) is 8.77. The molecule has 0 N–H and O–H groups in total. The molecule has 1 rings (SSSR count). The molecule has 0 saturated carbocycles. The van der Waals surface area contributed by atoms with Crippen molar-refractivity contribution in [2.75, 3.05) is 10.7 Å². The number of nitrogens with zero attached hydrogens (tertiary/aromatic N) is 1. The van der Waals surface area contributed by atoms with Gasteiger partial charge in [0, 0.05) is 16.8 Å². The highest BCUT2D eigenvalue weighted by Crippen LogP contribution is 2.20. The summed E-state index contributed by atoms with van der Waals surface area (Å²) in [5.41, 5.74) is 0.855. The topological polar surface area (TPSA) is 20.3 Å². The minimum absolute atomic E-state index is 0.00402. The van der Waals surface area contributed by atoms with Crippen molar-refractivity contribution in [1.29, 1.82) is 0 Å². The highest BCUT2D eigenvalue weighted by Gasteiger charge is 2.17. The molecule has 15 heavy (non-hydrogen) atoms. The van der Waals surface area contributed by atoms with E-state index in [0.29, 0.717) is 5.02 Å². The Morgan fingerprint density at radius 1 is 1.40 bits per heavy atom. The third-order valence-corrected chi connectivity index (χ3v) is 2.55. The fourth-order valence-corrected chi connectivity index (χ4v) is 1.69. The van der Waals surface area contributed by atoms with Crippen LogP contribution in [0.5, 0.6) is 0 Å². The van der Waals surface area contributed by atoms with Crippen LogP contribution in [0.4, 0.5) is 5.69 Å². The third-order valence-electron chi connectivity index (χ3n) is 2.03. The van der Waals surface area contributed by atoms with Crippen LogP contribution in [0.3, 0.4) is 0 Å². The minimum Gasteiger partial charge on any atom is -0.309 e. The normalized spacial score (nSPS) is 10.5. The molecule has 0 atom stereocenters. The van der Waals surface area contributed by atoms with Gasteiger partial charge in [-0.1, -0.05) is 11.6 Å². The van der Waals surface area contributed by atoms with E-state index in [1.807, 2.05) is 26.0 Å². The average Bonchev–Trinajstić information content (AvgIpc) is 2.20. The van der Waals surface area contributed by atoms with E-state index in [1.54, 1.807) is 17.0 Å². The lowest BCUT2D eigenvalue weighted by Crippen LogP contribution is -2.37. The Labute approximate surface area is 101 Å². The molecule has 4 heteroatoms. The van der Waals surface area contributed by atoms with Crippen molar-refractivity contribution in [2.45, 2.75) is 19.9 Å². The first-order chi connectivity index (χ1) is 7.06. The molecular formula is C11H14ClNOS. The smallest absolute Gasteiger partial charge is 0.236 e. The van der Waals surface area contributed by atoms with Gasteiger partial charge in [0.2, 0.25) is 5.91 Å². The van der Waals surface area contributed by atoms with Gasteiger partial charge >= 0.3 is 0 Å². The molecule has 0 aliphatic rings. The summed E-state index contributed by atoms with van der Waals surface area (Å²) in [4.78, 5) is 13.4. The van der Waals surface area contributed by atoms with E-state index in [-0.39, 0.29) is 17.7 Å². The summed E-state index contributed by atoms with van der Waals surface area (Å²) in [7, 11) is 0. The van der Waals surface area contributed by atoms with Crippen LogP contribution in [0, 0.1) is 0 Å². The van der Waals surface area contributed by atoms with Crippen molar-refractivity contribution in [3.8, 4) is 0 Å². The molecule has 0 heterocycles. The summed E-state index contributed by atoms with van der Waals surface area (Å²) < 4.78 is 0. The molecule has 0 aromatic heterocycles. The fourth-order valence-electron chi connectivity index (χ4n) is 1.41. The molecule has 82 valence electrons. The van der Waals surface area contributed by atoms with E-state index in [0.717, 1.165) is 5.69 Å². The van der Waals surface area contributed by atoms with Crippen molar-refractivity contribution in [3.05, 3.63) is 29.3 Å². The van der Waals surface area contributed by atoms with Crippen molar-refractivity contribution < 1.29 is 4.79 Å². The summed E-state index contributed by atoms with van der Waals surface area (Å²) in [6.45, 7) is 3.94. The molecule has 0 fully saturated rings. The molecule has 0 radical (unpaired) electrons. The maximum absolute atomic E-state index is 11.7. The first-order valence-corrected chi connectivity index (χ1v) is 5.75. The van der Waals surface area contributed by atoms with Crippen LogP contribution >= 0.6 is 24.2 Å². The molecule has 0 aliphatic carbocycles. The summed E-state index contributed by atoms with van der Waals surface area (Å²) in [6, 6.07) is 7.34. The van der Waals surface area contributed by atoms with E-state index in [9.17, 15) is 4.79 Å². The second-order valence-electron chi connectivity index (χ2n) is 3.49. The fraction of sp³-hybridized carbons (Fsp3) is 0.364. The molecular weight excluding hydrogens is 230 g/mol. The van der Waals surface area contributed by atoms with Crippen LogP contribution < -0.4 is 4.90 Å². The van der Waals surface area contributed by atoms with Crippen molar-refractivity contribution >= 4 is 35.8 Å². The van der Waals surface area contributed by atoms with Crippen molar-refractivity contribution in [3.63, 3.8) is 0 Å². The first kappa shape index (κ1) is 12.4. The van der Waals surface area contributed by atoms with Gasteiger partial charge in [-0.2, -0.15) is 12.6 Å². The highest BCUT2D eigenvalue weighted by molar-refractivity contribution is 7.81. The predicted molar refractivity (Wildman–Crippen MR) is 67.9 cm³/mol. The number of amides is 1. The van der Waals surface area contributed by atoms with Gasteiger partial charge in [0.15, 0.2) is 0 Å². The van der Waals surface area contributed by atoms with Crippen LogP contribution in [0.1, 0.15) is 13.8 Å². The van der Waals surface area contributed by atoms with E-state index in [2.05, 4.69) is 12.6 Å². The van der Waals surface area contributed by atoms with E-state index in [1.165, 1.54) is 0 Å². The van der Waals surface area contributed by atoms with Crippen molar-refractivity contribution in [2.24, 2.45) is 0 Å².